The monoisotopic (exact) mass is 201 g/mol. The smallest absolute Gasteiger partial charge is 0.0319 e. The van der Waals surface area contributed by atoms with Crippen LogP contribution in [0.5, 0.6) is 0 Å². The van der Waals surface area contributed by atoms with E-state index in [9.17, 15) is 0 Å². The third-order valence-electron chi connectivity index (χ3n) is 1.94. The van der Waals surface area contributed by atoms with Crippen molar-refractivity contribution in [1.29, 1.82) is 0 Å². The molecule has 15 heavy (non-hydrogen) atoms. The lowest BCUT2D eigenvalue weighted by atomic mass is 10.4. The van der Waals surface area contributed by atoms with Crippen molar-refractivity contribution < 1.29 is 5.11 Å². The van der Waals surface area contributed by atoms with Gasteiger partial charge in [0.05, 0.1) is 0 Å². The van der Waals surface area contributed by atoms with Gasteiger partial charge in [-0.05, 0) is 29.7 Å². The molecule has 0 fully saturated rings. The van der Waals surface area contributed by atoms with Gasteiger partial charge in [-0.1, -0.05) is 30.3 Å². The van der Waals surface area contributed by atoms with Crippen molar-refractivity contribution in [3.05, 3.63) is 66.0 Å². The molecule has 0 saturated carbocycles. The predicted octanol–water partition coefficient (Wildman–Crippen LogP) is 2.28. The van der Waals surface area contributed by atoms with E-state index in [1.165, 1.54) is 17.5 Å². The molecule has 3 rings (SSSR count). The van der Waals surface area contributed by atoms with Crippen LogP contribution in [-0.4, -0.2) is 17.2 Å². The number of pyridine rings is 1. The van der Waals surface area contributed by atoms with E-state index in [0.717, 1.165) is 7.11 Å². The first kappa shape index (κ1) is 11.4. The summed E-state index contributed by atoms with van der Waals surface area (Å²) in [7, 11) is 1.00. The minimum absolute atomic E-state index is 1.00. The molecule has 0 amide bonds. The van der Waals surface area contributed by atoms with E-state index in [2.05, 4.69) is 29.2 Å². The normalized spacial score (nSPS) is 9.73. The number of aliphatic hydroxyl groups is 1. The molecule has 1 N–H and O–H groups in total. The van der Waals surface area contributed by atoms with Crippen LogP contribution in [0.4, 0.5) is 0 Å². The molecule has 1 aliphatic carbocycles. The largest absolute Gasteiger partial charge is 0.400 e. The SMILES string of the molecule is CO.c1ccc2c(c1)C2.c1ccncc1. The Balaban J connectivity index is 0.000000131. The second-order valence-electron chi connectivity index (χ2n) is 2.97. The zero-order chi connectivity index (χ0) is 10.9. The third-order valence-corrected chi connectivity index (χ3v) is 1.94. The Morgan fingerprint density at radius 3 is 1.67 bits per heavy atom. The second-order valence-corrected chi connectivity index (χ2v) is 2.97. The van der Waals surface area contributed by atoms with Gasteiger partial charge in [0.15, 0.2) is 0 Å². The van der Waals surface area contributed by atoms with E-state index in [1.54, 1.807) is 12.4 Å². The average Bonchev–Trinajstić information content (AvgIpc) is 3.14. The highest BCUT2D eigenvalue weighted by Crippen LogP contribution is 2.25. The zero-order valence-electron chi connectivity index (χ0n) is 8.80. The highest BCUT2D eigenvalue weighted by Gasteiger charge is 2.12. The molecule has 1 aromatic heterocycles. The molecule has 2 aromatic rings. The molecule has 0 aliphatic heterocycles. The number of hydrogen-bond acceptors (Lipinski definition) is 2. The lowest BCUT2D eigenvalue weighted by Crippen LogP contribution is -1.58. The molecule has 0 radical (unpaired) electrons. The van der Waals surface area contributed by atoms with E-state index in [4.69, 9.17) is 5.11 Å². The van der Waals surface area contributed by atoms with E-state index >= 15 is 0 Å². The number of fused-ring (bicyclic) bond motifs is 1. The van der Waals surface area contributed by atoms with E-state index < -0.39 is 0 Å². The van der Waals surface area contributed by atoms with Crippen LogP contribution in [0.25, 0.3) is 0 Å². The molecule has 0 bridgehead atoms. The van der Waals surface area contributed by atoms with E-state index in [1.807, 2.05) is 18.2 Å². The third kappa shape index (κ3) is 4.38. The summed E-state index contributed by atoms with van der Waals surface area (Å²) in [4.78, 5) is 3.78. The lowest BCUT2D eigenvalue weighted by Gasteiger charge is -1.70. The summed E-state index contributed by atoms with van der Waals surface area (Å²) >= 11 is 0. The van der Waals surface area contributed by atoms with Crippen molar-refractivity contribution >= 4 is 0 Å². The molecule has 1 aliphatic rings. The first-order valence-corrected chi connectivity index (χ1v) is 4.83. The van der Waals surface area contributed by atoms with Crippen molar-refractivity contribution in [2.24, 2.45) is 0 Å². The fourth-order valence-electron chi connectivity index (χ4n) is 1.15. The number of aliphatic hydroxyl groups excluding tert-OH is 1. The zero-order valence-corrected chi connectivity index (χ0v) is 8.80. The van der Waals surface area contributed by atoms with Crippen LogP contribution in [-0.2, 0) is 6.42 Å². The molecule has 0 saturated heterocycles. The molecule has 2 nitrogen and oxygen atoms in total. The van der Waals surface area contributed by atoms with Crippen LogP contribution >= 0.6 is 0 Å². The fraction of sp³-hybridized carbons (Fsp3) is 0.154. The van der Waals surface area contributed by atoms with Gasteiger partial charge in [0, 0.05) is 19.5 Å². The number of benzene rings is 1. The number of aromatic nitrogens is 1. The van der Waals surface area contributed by atoms with Crippen LogP contribution in [0.1, 0.15) is 11.1 Å². The summed E-state index contributed by atoms with van der Waals surface area (Å²) in [5, 5.41) is 7.00. The van der Waals surface area contributed by atoms with Gasteiger partial charge in [-0.2, -0.15) is 0 Å². The lowest BCUT2D eigenvalue weighted by molar-refractivity contribution is 0.399. The first-order valence-electron chi connectivity index (χ1n) is 4.83. The molecular formula is C13H15NO. The number of nitrogens with zero attached hydrogens (tertiary/aromatic N) is 1. The summed E-state index contributed by atoms with van der Waals surface area (Å²) in [6.45, 7) is 0. The maximum absolute atomic E-state index is 7.00. The first-order chi connectivity index (χ1) is 7.47. The van der Waals surface area contributed by atoms with Gasteiger partial charge in [-0.3, -0.25) is 4.98 Å². The van der Waals surface area contributed by atoms with Crippen LogP contribution in [0.3, 0.4) is 0 Å². The fourth-order valence-corrected chi connectivity index (χ4v) is 1.15. The summed E-state index contributed by atoms with van der Waals surface area (Å²) in [5.41, 5.74) is 3.06. The van der Waals surface area contributed by atoms with Crippen molar-refractivity contribution in [3.63, 3.8) is 0 Å². The summed E-state index contributed by atoms with van der Waals surface area (Å²) in [5.74, 6) is 0. The van der Waals surface area contributed by atoms with Crippen LogP contribution in [0.15, 0.2) is 54.9 Å². The van der Waals surface area contributed by atoms with Crippen LogP contribution < -0.4 is 0 Å². The maximum atomic E-state index is 7.00. The topological polar surface area (TPSA) is 33.1 Å². The van der Waals surface area contributed by atoms with Crippen molar-refractivity contribution in [2.75, 3.05) is 7.11 Å². The van der Waals surface area contributed by atoms with E-state index in [-0.39, 0.29) is 0 Å². The van der Waals surface area contributed by atoms with Gasteiger partial charge in [0.2, 0.25) is 0 Å². The molecule has 1 aromatic carbocycles. The molecule has 0 spiro atoms. The summed E-state index contributed by atoms with van der Waals surface area (Å²) in [6.07, 6.45) is 4.74. The molecule has 0 atom stereocenters. The minimum atomic E-state index is 1.00. The quantitative estimate of drug-likeness (QED) is 0.605. The highest BCUT2D eigenvalue weighted by atomic mass is 16.2. The van der Waals surface area contributed by atoms with Gasteiger partial charge in [0.25, 0.3) is 0 Å². The van der Waals surface area contributed by atoms with Gasteiger partial charge in [-0.15, -0.1) is 0 Å². The van der Waals surface area contributed by atoms with Crippen molar-refractivity contribution in [2.45, 2.75) is 6.42 Å². The summed E-state index contributed by atoms with van der Waals surface area (Å²) in [6, 6.07) is 14.2. The Morgan fingerprint density at radius 2 is 1.40 bits per heavy atom. The van der Waals surface area contributed by atoms with Crippen molar-refractivity contribution in [1.82, 2.24) is 4.98 Å². The average molecular weight is 201 g/mol. The van der Waals surface area contributed by atoms with E-state index in [0.29, 0.717) is 0 Å². The molecule has 78 valence electrons. The molecule has 2 heteroatoms. The Morgan fingerprint density at radius 1 is 0.867 bits per heavy atom. The second kappa shape index (κ2) is 6.74. The van der Waals surface area contributed by atoms with Crippen LogP contribution in [0, 0.1) is 0 Å². The molecule has 0 unspecified atom stereocenters. The highest BCUT2D eigenvalue weighted by molar-refractivity contribution is 5.44. The van der Waals surface area contributed by atoms with Gasteiger partial charge < -0.3 is 5.11 Å². The molecular weight excluding hydrogens is 186 g/mol. The van der Waals surface area contributed by atoms with Gasteiger partial charge >= 0.3 is 0 Å². The number of hydrogen-bond donors (Lipinski definition) is 1. The van der Waals surface area contributed by atoms with Gasteiger partial charge in [-0.25, -0.2) is 0 Å². The maximum Gasteiger partial charge on any atom is 0.0319 e. The van der Waals surface area contributed by atoms with Gasteiger partial charge in [0.1, 0.15) is 0 Å². The Labute approximate surface area is 90.2 Å². The Hall–Kier alpha value is -1.67. The summed E-state index contributed by atoms with van der Waals surface area (Å²) < 4.78 is 0. The van der Waals surface area contributed by atoms with Crippen molar-refractivity contribution in [3.8, 4) is 0 Å². The predicted molar refractivity (Wildman–Crippen MR) is 61.6 cm³/mol. The van der Waals surface area contributed by atoms with Crippen LogP contribution in [0.2, 0.25) is 0 Å². The standard InChI is InChI=1S/C7H6.C5H5N.CH4O/c1-2-4-7-5-6(7)3-1;1-2-4-6-5-3-1;1-2/h1-4H,5H2;1-5H;2H,1H3. The minimum Gasteiger partial charge on any atom is -0.400 e. The Kier molecular flexibility index (Phi) is 5.12. The Bertz CT molecular complexity index is 326. The number of rotatable bonds is 0. The molecule has 1 heterocycles.